The van der Waals surface area contributed by atoms with Gasteiger partial charge in [0, 0.05) is 5.56 Å². The number of methoxy groups -OCH3 is 1. The standard InChI is InChI=1S/C23H23NO4S/c1-23(2,29(24,25)26)16-12-13-17-18(14-16)22(15-8-5-4-6-9-15)28-20-11-7-10-19(27-3)21(17)20/h4-14,22H,1-3H3,(H2,24,25,26). The number of ether oxygens (including phenoxy) is 2. The Bertz CT molecular complexity index is 1170. The molecule has 29 heavy (non-hydrogen) atoms. The highest BCUT2D eigenvalue weighted by molar-refractivity contribution is 7.90. The Balaban J connectivity index is 1.99. The van der Waals surface area contributed by atoms with E-state index >= 15 is 0 Å². The third-order valence-corrected chi connectivity index (χ3v) is 7.22. The highest BCUT2D eigenvalue weighted by Gasteiger charge is 2.36. The summed E-state index contributed by atoms with van der Waals surface area (Å²) in [5, 5.41) is 5.51. The normalized spacial score (nSPS) is 15.8. The van der Waals surface area contributed by atoms with Gasteiger partial charge in [0.15, 0.2) is 0 Å². The van der Waals surface area contributed by atoms with Gasteiger partial charge in [0.1, 0.15) is 22.4 Å². The van der Waals surface area contributed by atoms with E-state index in [1.807, 2.05) is 66.7 Å². The van der Waals surface area contributed by atoms with Crippen molar-refractivity contribution in [3.05, 3.63) is 83.4 Å². The summed E-state index contributed by atoms with van der Waals surface area (Å²) in [7, 11) is -2.18. The third kappa shape index (κ3) is 3.18. The fourth-order valence-electron chi connectivity index (χ4n) is 3.66. The maximum absolute atomic E-state index is 12.2. The molecule has 1 atom stereocenters. The van der Waals surface area contributed by atoms with Gasteiger partial charge in [-0.15, -0.1) is 0 Å². The summed E-state index contributed by atoms with van der Waals surface area (Å²) in [6.07, 6.45) is -0.373. The predicted molar refractivity (Wildman–Crippen MR) is 113 cm³/mol. The minimum atomic E-state index is -3.80. The lowest BCUT2D eigenvalue weighted by Gasteiger charge is -2.32. The van der Waals surface area contributed by atoms with E-state index in [-0.39, 0.29) is 6.10 Å². The molecule has 2 N–H and O–H groups in total. The van der Waals surface area contributed by atoms with E-state index in [2.05, 4.69) is 0 Å². The van der Waals surface area contributed by atoms with Crippen molar-refractivity contribution in [2.24, 2.45) is 5.14 Å². The molecule has 1 heterocycles. The van der Waals surface area contributed by atoms with Crippen molar-refractivity contribution in [3.63, 3.8) is 0 Å². The summed E-state index contributed by atoms with van der Waals surface area (Å²) >= 11 is 0. The van der Waals surface area contributed by atoms with Gasteiger partial charge in [-0.05, 0) is 48.7 Å². The number of fused-ring (bicyclic) bond motifs is 3. The first-order valence-corrected chi connectivity index (χ1v) is 10.8. The third-order valence-electron chi connectivity index (χ3n) is 5.56. The van der Waals surface area contributed by atoms with Gasteiger partial charge in [-0.1, -0.05) is 48.5 Å². The molecule has 150 valence electrons. The highest BCUT2D eigenvalue weighted by atomic mass is 32.2. The summed E-state index contributed by atoms with van der Waals surface area (Å²) in [6.45, 7) is 3.22. The van der Waals surface area contributed by atoms with Crippen LogP contribution in [0.4, 0.5) is 0 Å². The van der Waals surface area contributed by atoms with Crippen molar-refractivity contribution in [1.29, 1.82) is 0 Å². The van der Waals surface area contributed by atoms with Crippen LogP contribution in [-0.4, -0.2) is 15.5 Å². The van der Waals surface area contributed by atoms with Gasteiger partial charge in [0.2, 0.25) is 10.0 Å². The molecule has 0 bridgehead atoms. The Morgan fingerprint density at radius 1 is 1.00 bits per heavy atom. The first-order chi connectivity index (χ1) is 13.7. The van der Waals surface area contributed by atoms with Crippen LogP contribution in [0.1, 0.15) is 36.6 Å². The monoisotopic (exact) mass is 409 g/mol. The second-order valence-corrected chi connectivity index (χ2v) is 9.71. The highest BCUT2D eigenvalue weighted by Crippen LogP contribution is 2.49. The molecule has 0 radical (unpaired) electrons. The van der Waals surface area contributed by atoms with Gasteiger partial charge in [-0.25, -0.2) is 13.6 Å². The van der Waals surface area contributed by atoms with Crippen molar-refractivity contribution in [3.8, 4) is 22.6 Å². The molecule has 3 aromatic rings. The smallest absolute Gasteiger partial charge is 0.218 e. The van der Waals surface area contributed by atoms with Crippen molar-refractivity contribution < 1.29 is 17.9 Å². The lowest BCUT2D eigenvalue weighted by molar-refractivity contribution is 0.242. The minimum Gasteiger partial charge on any atom is -0.496 e. The quantitative estimate of drug-likeness (QED) is 0.694. The number of primary sulfonamides is 1. The van der Waals surface area contributed by atoms with Crippen LogP contribution in [0.3, 0.4) is 0 Å². The number of nitrogens with two attached hydrogens (primary N) is 1. The average molecular weight is 410 g/mol. The zero-order valence-electron chi connectivity index (χ0n) is 16.5. The van der Waals surface area contributed by atoms with Crippen LogP contribution < -0.4 is 14.6 Å². The molecule has 0 saturated heterocycles. The SMILES string of the molecule is COc1cccc2c1-c1ccc(C(C)(C)S(N)(=O)=O)cc1C(c1ccccc1)O2. The maximum atomic E-state index is 12.2. The van der Waals surface area contributed by atoms with Gasteiger partial charge in [0.25, 0.3) is 0 Å². The molecule has 3 aromatic carbocycles. The van der Waals surface area contributed by atoms with Crippen LogP contribution in [0.15, 0.2) is 66.7 Å². The van der Waals surface area contributed by atoms with E-state index < -0.39 is 14.8 Å². The Kier molecular flexibility index (Phi) is 4.63. The van der Waals surface area contributed by atoms with Crippen molar-refractivity contribution in [2.45, 2.75) is 24.7 Å². The van der Waals surface area contributed by atoms with E-state index in [9.17, 15) is 8.42 Å². The van der Waals surface area contributed by atoms with Gasteiger partial charge in [-0.3, -0.25) is 0 Å². The number of benzene rings is 3. The number of hydrogen-bond donors (Lipinski definition) is 1. The molecule has 4 rings (SSSR count). The molecule has 0 spiro atoms. The van der Waals surface area contributed by atoms with E-state index in [0.29, 0.717) is 11.3 Å². The zero-order valence-corrected chi connectivity index (χ0v) is 17.4. The van der Waals surface area contributed by atoms with E-state index in [1.165, 1.54) is 0 Å². The first kappa shape index (κ1) is 19.5. The predicted octanol–water partition coefficient (Wildman–Crippen LogP) is 4.37. The van der Waals surface area contributed by atoms with Crippen LogP contribution in [0.5, 0.6) is 11.5 Å². The molecular formula is C23H23NO4S. The van der Waals surface area contributed by atoms with Gasteiger partial charge in [0.05, 0.1) is 12.7 Å². The van der Waals surface area contributed by atoms with Crippen LogP contribution >= 0.6 is 0 Å². The van der Waals surface area contributed by atoms with Crippen molar-refractivity contribution >= 4 is 10.0 Å². The van der Waals surface area contributed by atoms with Crippen molar-refractivity contribution in [1.82, 2.24) is 0 Å². The second kappa shape index (κ2) is 6.90. The molecule has 1 aliphatic heterocycles. The van der Waals surface area contributed by atoms with Gasteiger partial charge < -0.3 is 9.47 Å². The second-order valence-electron chi connectivity index (χ2n) is 7.60. The zero-order chi connectivity index (χ0) is 20.8. The summed E-state index contributed by atoms with van der Waals surface area (Å²) in [4.78, 5) is 0. The topological polar surface area (TPSA) is 78.6 Å². The first-order valence-electron chi connectivity index (χ1n) is 9.30. The van der Waals surface area contributed by atoms with E-state index in [1.54, 1.807) is 21.0 Å². The molecule has 1 unspecified atom stereocenters. The lowest BCUT2D eigenvalue weighted by Crippen LogP contribution is -2.35. The van der Waals surface area contributed by atoms with Crippen molar-refractivity contribution in [2.75, 3.05) is 7.11 Å². The number of rotatable bonds is 4. The summed E-state index contributed by atoms with van der Waals surface area (Å²) in [5.41, 5.74) is 4.28. The van der Waals surface area contributed by atoms with Crippen LogP contribution in [0.25, 0.3) is 11.1 Å². The molecule has 0 saturated carbocycles. The Hall–Kier alpha value is -2.83. The van der Waals surface area contributed by atoms with Crippen LogP contribution in [0, 0.1) is 0 Å². The van der Waals surface area contributed by atoms with Gasteiger partial charge in [-0.2, -0.15) is 0 Å². The fourth-order valence-corrected chi connectivity index (χ4v) is 4.11. The Morgan fingerprint density at radius 3 is 2.38 bits per heavy atom. The Labute approximate surface area is 171 Å². The fraction of sp³-hybridized carbons (Fsp3) is 0.217. The minimum absolute atomic E-state index is 0.373. The molecule has 1 aliphatic rings. The lowest BCUT2D eigenvalue weighted by atomic mass is 9.86. The molecule has 0 fully saturated rings. The summed E-state index contributed by atoms with van der Waals surface area (Å²) in [5.74, 6) is 1.43. The van der Waals surface area contributed by atoms with Gasteiger partial charge >= 0.3 is 0 Å². The molecule has 0 aromatic heterocycles. The average Bonchev–Trinajstić information content (AvgIpc) is 2.72. The summed E-state index contributed by atoms with van der Waals surface area (Å²) < 4.78 is 35.1. The molecular weight excluding hydrogens is 386 g/mol. The summed E-state index contributed by atoms with van der Waals surface area (Å²) in [6, 6.07) is 21.2. The largest absolute Gasteiger partial charge is 0.496 e. The molecule has 0 aliphatic carbocycles. The molecule has 5 nitrogen and oxygen atoms in total. The van der Waals surface area contributed by atoms with E-state index in [4.69, 9.17) is 14.6 Å². The van der Waals surface area contributed by atoms with E-state index in [0.717, 1.165) is 28.0 Å². The number of hydrogen-bond acceptors (Lipinski definition) is 4. The maximum Gasteiger partial charge on any atom is 0.218 e. The molecule has 0 amide bonds. The Morgan fingerprint density at radius 2 is 1.72 bits per heavy atom. The molecule has 6 heteroatoms. The van der Waals surface area contributed by atoms with Crippen LogP contribution in [-0.2, 0) is 14.8 Å². The number of sulfonamides is 1. The van der Waals surface area contributed by atoms with Crippen LogP contribution in [0.2, 0.25) is 0 Å².